The number of oxazole rings is 1. The van der Waals surface area contributed by atoms with E-state index in [0.29, 0.717) is 28.8 Å². The van der Waals surface area contributed by atoms with E-state index >= 15 is 0 Å². The molecule has 1 aromatic carbocycles. The largest absolute Gasteiger partial charge is 0.497 e. The smallest absolute Gasteiger partial charge is 0.293 e. The molecule has 0 unspecified atom stereocenters. The van der Waals surface area contributed by atoms with Gasteiger partial charge in [-0.25, -0.2) is 4.98 Å². The molecule has 0 saturated heterocycles. The highest BCUT2D eigenvalue weighted by molar-refractivity contribution is 6.03. The second kappa shape index (κ2) is 5.64. The van der Waals surface area contributed by atoms with E-state index in [2.05, 4.69) is 10.3 Å². The standard InChI is InChI=1S/C14H16N2O4/c1-8-13(20-9(2)15-8)14(17)16-11-6-5-10(18-3)7-12(11)19-4/h5-7H,1-4H3,(H,16,17). The van der Waals surface area contributed by atoms with Crippen LogP contribution in [0.4, 0.5) is 5.69 Å². The summed E-state index contributed by atoms with van der Waals surface area (Å²) in [4.78, 5) is 16.2. The van der Waals surface area contributed by atoms with Crippen molar-refractivity contribution >= 4 is 11.6 Å². The fourth-order valence-corrected chi connectivity index (χ4v) is 1.82. The van der Waals surface area contributed by atoms with Gasteiger partial charge in [0.2, 0.25) is 5.76 Å². The van der Waals surface area contributed by atoms with E-state index in [1.54, 1.807) is 39.2 Å². The van der Waals surface area contributed by atoms with Crippen LogP contribution in [0.2, 0.25) is 0 Å². The number of hydrogen-bond acceptors (Lipinski definition) is 5. The summed E-state index contributed by atoms with van der Waals surface area (Å²) < 4.78 is 15.6. The van der Waals surface area contributed by atoms with E-state index in [4.69, 9.17) is 13.9 Å². The maximum atomic E-state index is 12.1. The second-order valence-corrected chi connectivity index (χ2v) is 4.17. The van der Waals surface area contributed by atoms with Crippen molar-refractivity contribution in [2.75, 3.05) is 19.5 Å². The maximum absolute atomic E-state index is 12.1. The van der Waals surface area contributed by atoms with Gasteiger partial charge >= 0.3 is 0 Å². The number of aromatic nitrogens is 1. The van der Waals surface area contributed by atoms with Crippen molar-refractivity contribution in [3.63, 3.8) is 0 Å². The third-order valence-corrected chi connectivity index (χ3v) is 2.77. The van der Waals surface area contributed by atoms with Gasteiger partial charge in [0.15, 0.2) is 5.89 Å². The minimum absolute atomic E-state index is 0.195. The summed E-state index contributed by atoms with van der Waals surface area (Å²) >= 11 is 0. The van der Waals surface area contributed by atoms with Gasteiger partial charge in [-0.05, 0) is 19.1 Å². The Morgan fingerprint density at radius 1 is 1.25 bits per heavy atom. The van der Waals surface area contributed by atoms with Crippen molar-refractivity contribution in [2.45, 2.75) is 13.8 Å². The van der Waals surface area contributed by atoms with Crippen LogP contribution in [0.3, 0.4) is 0 Å². The van der Waals surface area contributed by atoms with E-state index in [-0.39, 0.29) is 11.7 Å². The van der Waals surface area contributed by atoms with Crippen LogP contribution in [0.1, 0.15) is 22.1 Å². The number of ether oxygens (including phenoxy) is 2. The minimum atomic E-state index is -0.369. The van der Waals surface area contributed by atoms with Gasteiger partial charge in [0.05, 0.1) is 25.6 Å². The topological polar surface area (TPSA) is 73.6 Å². The highest BCUT2D eigenvalue weighted by Gasteiger charge is 2.17. The fraction of sp³-hybridized carbons (Fsp3) is 0.286. The Bertz CT molecular complexity index is 634. The van der Waals surface area contributed by atoms with Crippen molar-refractivity contribution in [2.24, 2.45) is 0 Å². The van der Waals surface area contributed by atoms with Gasteiger partial charge in [-0.3, -0.25) is 4.79 Å². The van der Waals surface area contributed by atoms with Crippen molar-refractivity contribution < 1.29 is 18.7 Å². The molecular formula is C14H16N2O4. The average Bonchev–Trinajstić information content (AvgIpc) is 2.78. The van der Waals surface area contributed by atoms with Crippen LogP contribution in [-0.2, 0) is 0 Å². The molecule has 106 valence electrons. The Morgan fingerprint density at radius 3 is 2.55 bits per heavy atom. The molecule has 0 aliphatic rings. The molecule has 0 atom stereocenters. The lowest BCUT2D eigenvalue weighted by Gasteiger charge is -2.10. The molecule has 6 heteroatoms. The van der Waals surface area contributed by atoms with E-state index in [1.165, 1.54) is 7.11 Å². The van der Waals surface area contributed by atoms with Crippen molar-refractivity contribution in [3.8, 4) is 11.5 Å². The molecule has 2 aromatic rings. The van der Waals surface area contributed by atoms with E-state index < -0.39 is 0 Å². The van der Waals surface area contributed by atoms with Gasteiger partial charge < -0.3 is 19.2 Å². The maximum Gasteiger partial charge on any atom is 0.293 e. The van der Waals surface area contributed by atoms with Crippen LogP contribution < -0.4 is 14.8 Å². The first-order chi connectivity index (χ1) is 9.55. The minimum Gasteiger partial charge on any atom is -0.497 e. The molecular weight excluding hydrogens is 260 g/mol. The zero-order chi connectivity index (χ0) is 14.7. The molecule has 2 rings (SSSR count). The zero-order valence-electron chi connectivity index (χ0n) is 11.8. The molecule has 0 bridgehead atoms. The first-order valence-corrected chi connectivity index (χ1v) is 6.02. The second-order valence-electron chi connectivity index (χ2n) is 4.17. The normalized spacial score (nSPS) is 10.2. The number of carbonyl (C=O) groups is 1. The van der Waals surface area contributed by atoms with Crippen LogP contribution >= 0.6 is 0 Å². The van der Waals surface area contributed by atoms with E-state index in [9.17, 15) is 4.79 Å². The van der Waals surface area contributed by atoms with Gasteiger partial charge in [-0.2, -0.15) is 0 Å². The first-order valence-electron chi connectivity index (χ1n) is 6.02. The SMILES string of the molecule is COc1ccc(NC(=O)c2oc(C)nc2C)c(OC)c1. The lowest BCUT2D eigenvalue weighted by Crippen LogP contribution is -2.13. The molecule has 1 amide bonds. The molecule has 1 N–H and O–H groups in total. The molecule has 0 radical (unpaired) electrons. The fourth-order valence-electron chi connectivity index (χ4n) is 1.82. The summed E-state index contributed by atoms with van der Waals surface area (Å²) in [7, 11) is 3.09. The summed E-state index contributed by atoms with van der Waals surface area (Å²) in [6, 6.07) is 5.12. The van der Waals surface area contributed by atoms with Gasteiger partial charge in [0, 0.05) is 13.0 Å². The molecule has 0 fully saturated rings. The predicted octanol–water partition coefficient (Wildman–Crippen LogP) is 2.56. The van der Waals surface area contributed by atoms with Crippen molar-refractivity contribution in [1.82, 2.24) is 4.98 Å². The van der Waals surface area contributed by atoms with E-state index in [0.717, 1.165) is 0 Å². The highest BCUT2D eigenvalue weighted by Crippen LogP contribution is 2.29. The Kier molecular flexibility index (Phi) is 3.93. The predicted molar refractivity (Wildman–Crippen MR) is 73.5 cm³/mol. The third-order valence-electron chi connectivity index (χ3n) is 2.77. The lowest BCUT2D eigenvalue weighted by molar-refractivity contribution is 0.0994. The van der Waals surface area contributed by atoms with Crippen LogP contribution in [0, 0.1) is 13.8 Å². The number of anilines is 1. The van der Waals surface area contributed by atoms with Gasteiger partial charge in [0.25, 0.3) is 5.91 Å². The summed E-state index contributed by atoms with van der Waals surface area (Å²) in [5.41, 5.74) is 1.08. The number of hydrogen-bond donors (Lipinski definition) is 1. The molecule has 0 spiro atoms. The van der Waals surface area contributed by atoms with Gasteiger partial charge in [0.1, 0.15) is 11.5 Å². The van der Waals surface area contributed by atoms with Crippen LogP contribution in [0.15, 0.2) is 22.6 Å². The van der Waals surface area contributed by atoms with Crippen LogP contribution in [0.5, 0.6) is 11.5 Å². The Morgan fingerprint density at radius 2 is 2.00 bits per heavy atom. The van der Waals surface area contributed by atoms with Gasteiger partial charge in [-0.15, -0.1) is 0 Å². The molecule has 0 saturated carbocycles. The summed E-state index contributed by atoms with van der Waals surface area (Å²) in [5.74, 6) is 1.43. The summed E-state index contributed by atoms with van der Waals surface area (Å²) in [6.45, 7) is 3.41. The van der Waals surface area contributed by atoms with Crippen molar-refractivity contribution in [1.29, 1.82) is 0 Å². The number of carbonyl (C=O) groups excluding carboxylic acids is 1. The number of methoxy groups -OCH3 is 2. The molecule has 1 aromatic heterocycles. The third kappa shape index (κ3) is 2.74. The monoisotopic (exact) mass is 276 g/mol. The Hall–Kier alpha value is -2.50. The quantitative estimate of drug-likeness (QED) is 0.929. The Labute approximate surface area is 116 Å². The molecule has 0 aliphatic heterocycles. The summed E-state index contributed by atoms with van der Waals surface area (Å²) in [5, 5.41) is 2.73. The molecule has 1 heterocycles. The highest BCUT2D eigenvalue weighted by atomic mass is 16.5. The lowest BCUT2D eigenvalue weighted by atomic mass is 10.2. The molecule has 20 heavy (non-hydrogen) atoms. The number of rotatable bonds is 4. The Balaban J connectivity index is 2.25. The van der Waals surface area contributed by atoms with E-state index in [1.807, 2.05) is 0 Å². The molecule has 0 aliphatic carbocycles. The number of nitrogens with one attached hydrogen (secondary N) is 1. The van der Waals surface area contributed by atoms with Crippen LogP contribution in [0.25, 0.3) is 0 Å². The van der Waals surface area contributed by atoms with Crippen LogP contribution in [-0.4, -0.2) is 25.1 Å². The van der Waals surface area contributed by atoms with Crippen molar-refractivity contribution in [3.05, 3.63) is 35.5 Å². The number of aryl methyl sites for hydroxylation is 2. The number of amides is 1. The first kappa shape index (κ1) is 13.9. The number of benzene rings is 1. The summed E-state index contributed by atoms with van der Waals surface area (Å²) in [6.07, 6.45) is 0. The average molecular weight is 276 g/mol. The molecule has 6 nitrogen and oxygen atoms in total. The van der Waals surface area contributed by atoms with Gasteiger partial charge in [-0.1, -0.05) is 0 Å². The number of nitrogens with zero attached hydrogens (tertiary/aromatic N) is 1. The zero-order valence-corrected chi connectivity index (χ0v) is 11.8.